The van der Waals surface area contributed by atoms with Gasteiger partial charge in [0.05, 0.1) is 5.92 Å². The van der Waals surface area contributed by atoms with Crippen molar-refractivity contribution in [3.8, 4) is 0 Å². The van der Waals surface area contributed by atoms with Crippen molar-refractivity contribution in [2.24, 2.45) is 11.8 Å². The van der Waals surface area contributed by atoms with Gasteiger partial charge in [0.2, 0.25) is 0 Å². The monoisotopic (exact) mass is 208 g/mol. The van der Waals surface area contributed by atoms with Gasteiger partial charge in [-0.15, -0.1) is 0 Å². The first-order chi connectivity index (χ1) is 7.06. The van der Waals surface area contributed by atoms with Crippen molar-refractivity contribution in [1.82, 2.24) is 0 Å². The molecule has 0 aromatic rings. The molecular formula is C12H16O3. The summed E-state index contributed by atoms with van der Waals surface area (Å²) in [6.07, 6.45) is 4.56. The quantitative estimate of drug-likeness (QED) is 0.524. The fourth-order valence-corrected chi connectivity index (χ4v) is 1.67. The van der Waals surface area contributed by atoms with E-state index < -0.39 is 5.92 Å². The largest absolute Gasteiger partial charge is 0.299 e. The standard InChI is InChI=1S/C12H16O3/c1-3-10(13)6-4-9-5-7-11(14)8(2)12(9)15/h4,6,8-9H,3,5,7H2,1-2H3/b6-4+. The van der Waals surface area contributed by atoms with Crippen LogP contribution in [0.4, 0.5) is 0 Å². The molecule has 0 aromatic heterocycles. The minimum absolute atomic E-state index is 0.0199. The van der Waals surface area contributed by atoms with Crippen LogP contribution in [0.2, 0.25) is 0 Å². The van der Waals surface area contributed by atoms with Crippen LogP contribution in [0.15, 0.2) is 12.2 Å². The Kier molecular flexibility index (Phi) is 3.95. The van der Waals surface area contributed by atoms with Gasteiger partial charge in [-0.3, -0.25) is 14.4 Å². The SMILES string of the molecule is CCC(=O)/C=C/C1CCC(=O)C(C)C1=O. The zero-order chi connectivity index (χ0) is 11.4. The fourth-order valence-electron chi connectivity index (χ4n) is 1.67. The Morgan fingerprint density at radius 3 is 2.73 bits per heavy atom. The Hall–Kier alpha value is -1.25. The van der Waals surface area contributed by atoms with Crippen molar-refractivity contribution in [2.45, 2.75) is 33.1 Å². The van der Waals surface area contributed by atoms with Crippen LogP contribution >= 0.6 is 0 Å². The molecule has 2 unspecified atom stereocenters. The summed E-state index contributed by atoms with van der Waals surface area (Å²) in [5, 5.41) is 0. The molecular weight excluding hydrogens is 192 g/mol. The summed E-state index contributed by atoms with van der Waals surface area (Å²) in [6, 6.07) is 0. The highest BCUT2D eigenvalue weighted by Crippen LogP contribution is 2.23. The van der Waals surface area contributed by atoms with Crippen LogP contribution < -0.4 is 0 Å². The van der Waals surface area contributed by atoms with Gasteiger partial charge in [0, 0.05) is 18.8 Å². The third-order valence-corrected chi connectivity index (χ3v) is 2.84. The second-order valence-electron chi connectivity index (χ2n) is 3.91. The first-order valence-electron chi connectivity index (χ1n) is 5.33. The van der Waals surface area contributed by atoms with E-state index in [0.29, 0.717) is 19.3 Å². The molecule has 0 amide bonds. The summed E-state index contributed by atoms with van der Waals surface area (Å²) in [6.45, 7) is 3.42. The minimum atomic E-state index is -0.495. The number of hydrogen-bond donors (Lipinski definition) is 0. The molecule has 1 rings (SSSR count). The van der Waals surface area contributed by atoms with Crippen LogP contribution in [0.3, 0.4) is 0 Å². The van der Waals surface area contributed by atoms with Crippen molar-refractivity contribution in [2.75, 3.05) is 0 Å². The molecule has 0 bridgehead atoms. The molecule has 1 fully saturated rings. The predicted octanol–water partition coefficient (Wildman–Crippen LogP) is 1.71. The van der Waals surface area contributed by atoms with E-state index in [-0.39, 0.29) is 23.3 Å². The van der Waals surface area contributed by atoms with E-state index in [1.807, 2.05) is 0 Å². The Bertz CT molecular complexity index is 315. The third kappa shape index (κ3) is 2.85. The molecule has 0 radical (unpaired) electrons. The maximum Gasteiger partial charge on any atom is 0.155 e. The average Bonchev–Trinajstić information content (AvgIpc) is 2.24. The van der Waals surface area contributed by atoms with Gasteiger partial charge >= 0.3 is 0 Å². The van der Waals surface area contributed by atoms with Gasteiger partial charge in [-0.2, -0.15) is 0 Å². The molecule has 3 heteroatoms. The Labute approximate surface area is 89.5 Å². The number of Topliss-reactive ketones (excluding diaryl/α,β-unsaturated/α-hetero) is 2. The van der Waals surface area contributed by atoms with Crippen molar-refractivity contribution < 1.29 is 14.4 Å². The van der Waals surface area contributed by atoms with E-state index in [1.165, 1.54) is 6.08 Å². The molecule has 3 nitrogen and oxygen atoms in total. The summed E-state index contributed by atoms with van der Waals surface area (Å²) < 4.78 is 0. The number of ketones is 3. The second kappa shape index (κ2) is 5.01. The highest BCUT2D eigenvalue weighted by atomic mass is 16.2. The Balaban J connectivity index is 2.64. The zero-order valence-corrected chi connectivity index (χ0v) is 9.16. The smallest absolute Gasteiger partial charge is 0.155 e. The van der Waals surface area contributed by atoms with E-state index in [0.717, 1.165) is 0 Å². The van der Waals surface area contributed by atoms with Gasteiger partial charge in [0.1, 0.15) is 11.6 Å². The normalized spacial score (nSPS) is 27.3. The molecule has 0 saturated heterocycles. The third-order valence-electron chi connectivity index (χ3n) is 2.84. The number of carbonyl (C=O) groups is 3. The van der Waals surface area contributed by atoms with E-state index in [2.05, 4.69) is 0 Å². The Morgan fingerprint density at radius 2 is 2.13 bits per heavy atom. The molecule has 0 aromatic carbocycles. The molecule has 1 saturated carbocycles. The van der Waals surface area contributed by atoms with Gasteiger partial charge in [-0.1, -0.05) is 13.0 Å². The molecule has 0 aliphatic heterocycles. The number of allylic oxidation sites excluding steroid dienone is 2. The minimum Gasteiger partial charge on any atom is -0.299 e. The number of hydrogen-bond acceptors (Lipinski definition) is 3. The van der Waals surface area contributed by atoms with Gasteiger partial charge in [0.15, 0.2) is 5.78 Å². The van der Waals surface area contributed by atoms with E-state index in [9.17, 15) is 14.4 Å². The summed E-state index contributed by atoms with van der Waals surface area (Å²) in [5.41, 5.74) is 0. The lowest BCUT2D eigenvalue weighted by Crippen LogP contribution is -2.32. The fraction of sp³-hybridized carbons (Fsp3) is 0.583. The lowest BCUT2D eigenvalue weighted by Gasteiger charge is -2.21. The molecule has 1 aliphatic rings. The molecule has 0 heterocycles. The zero-order valence-electron chi connectivity index (χ0n) is 9.16. The number of carbonyl (C=O) groups excluding carboxylic acids is 3. The highest BCUT2D eigenvalue weighted by Gasteiger charge is 2.32. The second-order valence-corrected chi connectivity index (χ2v) is 3.91. The average molecular weight is 208 g/mol. The van der Waals surface area contributed by atoms with Crippen LogP contribution in [0.1, 0.15) is 33.1 Å². The maximum atomic E-state index is 11.7. The van der Waals surface area contributed by atoms with Gasteiger partial charge in [0.25, 0.3) is 0 Å². The molecule has 1 aliphatic carbocycles. The summed E-state index contributed by atoms with van der Waals surface area (Å²) in [4.78, 5) is 33.9. The number of rotatable bonds is 3. The van der Waals surface area contributed by atoms with Gasteiger partial charge in [-0.05, 0) is 19.4 Å². The highest BCUT2D eigenvalue weighted by molar-refractivity contribution is 6.06. The van der Waals surface area contributed by atoms with Crippen molar-refractivity contribution in [3.05, 3.63) is 12.2 Å². The predicted molar refractivity (Wildman–Crippen MR) is 56.3 cm³/mol. The molecule has 15 heavy (non-hydrogen) atoms. The molecule has 0 spiro atoms. The van der Waals surface area contributed by atoms with Crippen LogP contribution in [0.5, 0.6) is 0 Å². The topological polar surface area (TPSA) is 51.2 Å². The first kappa shape index (κ1) is 11.8. The first-order valence-corrected chi connectivity index (χ1v) is 5.33. The van der Waals surface area contributed by atoms with E-state index in [4.69, 9.17) is 0 Å². The van der Waals surface area contributed by atoms with E-state index >= 15 is 0 Å². The van der Waals surface area contributed by atoms with Crippen LogP contribution in [0.25, 0.3) is 0 Å². The lowest BCUT2D eigenvalue weighted by molar-refractivity contribution is -0.136. The van der Waals surface area contributed by atoms with Gasteiger partial charge < -0.3 is 0 Å². The van der Waals surface area contributed by atoms with Crippen molar-refractivity contribution in [3.63, 3.8) is 0 Å². The van der Waals surface area contributed by atoms with Crippen LogP contribution in [-0.2, 0) is 14.4 Å². The summed E-state index contributed by atoms with van der Waals surface area (Å²) in [7, 11) is 0. The lowest BCUT2D eigenvalue weighted by atomic mass is 9.80. The van der Waals surface area contributed by atoms with Crippen molar-refractivity contribution >= 4 is 17.3 Å². The maximum absolute atomic E-state index is 11.7. The Morgan fingerprint density at radius 1 is 1.47 bits per heavy atom. The molecule has 2 atom stereocenters. The summed E-state index contributed by atoms with van der Waals surface area (Å²) >= 11 is 0. The molecule has 0 N–H and O–H groups in total. The molecule has 82 valence electrons. The summed E-state index contributed by atoms with van der Waals surface area (Å²) in [5.74, 6) is -0.747. The van der Waals surface area contributed by atoms with Crippen molar-refractivity contribution in [1.29, 1.82) is 0 Å². The van der Waals surface area contributed by atoms with E-state index in [1.54, 1.807) is 19.9 Å². The van der Waals surface area contributed by atoms with Gasteiger partial charge in [-0.25, -0.2) is 0 Å². The van der Waals surface area contributed by atoms with Crippen LogP contribution in [0, 0.1) is 11.8 Å². The van der Waals surface area contributed by atoms with Crippen LogP contribution in [-0.4, -0.2) is 17.3 Å².